The van der Waals surface area contributed by atoms with Gasteiger partial charge in [-0.15, -0.1) is 0 Å². The van der Waals surface area contributed by atoms with E-state index in [4.69, 9.17) is 0 Å². The van der Waals surface area contributed by atoms with Crippen LogP contribution < -0.4 is 0 Å². The largest absolute Gasteiger partial charge is 0.0581 e. The molecule has 0 atom stereocenters. The summed E-state index contributed by atoms with van der Waals surface area (Å²) in [6, 6.07) is 8.19. The standard InChI is InChI=1S/C9H7I/c1-8-2-4-9(5-3-8)6-7-10/h2-5H,1H3. The lowest BCUT2D eigenvalue weighted by Crippen LogP contribution is -1.73. The van der Waals surface area contributed by atoms with Crippen molar-refractivity contribution in [1.82, 2.24) is 0 Å². The van der Waals surface area contributed by atoms with Gasteiger partial charge in [-0.25, -0.2) is 0 Å². The van der Waals surface area contributed by atoms with Gasteiger partial charge in [0.05, 0.1) is 0 Å². The van der Waals surface area contributed by atoms with Crippen LogP contribution in [0.5, 0.6) is 0 Å². The fourth-order valence-corrected chi connectivity index (χ4v) is 1.00. The van der Waals surface area contributed by atoms with Gasteiger partial charge in [0, 0.05) is 28.2 Å². The molecule has 0 aliphatic rings. The van der Waals surface area contributed by atoms with Crippen LogP contribution >= 0.6 is 22.6 Å². The number of benzene rings is 1. The average molecular weight is 242 g/mol. The zero-order chi connectivity index (χ0) is 7.40. The highest BCUT2D eigenvalue weighted by Gasteiger charge is 1.83. The van der Waals surface area contributed by atoms with Crippen LogP contribution in [0, 0.1) is 16.8 Å². The van der Waals surface area contributed by atoms with Gasteiger partial charge in [0.1, 0.15) is 0 Å². The Morgan fingerprint density at radius 2 is 1.80 bits per heavy atom. The van der Waals surface area contributed by atoms with E-state index in [0.717, 1.165) is 5.56 Å². The van der Waals surface area contributed by atoms with E-state index < -0.39 is 0 Å². The Kier molecular flexibility index (Phi) is 2.76. The minimum atomic E-state index is 1.08. The van der Waals surface area contributed by atoms with Crippen LogP contribution in [0.1, 0.15) is 11.1 Å². The molecule has 0 amide bonds. The van der Waals surface area contributed by atoms with Crippen LogP contribution in [0.2, 0.25) is 0 Å². The summed E-state index contributed by atoms with van der Waals surface area (Å²) in [7, 11) is 0. The normalized spacial score (nSPS) is 8.20. The highest BCUT2D eigenvalue weighted by atomic mass is 127. The van der Waals surface area contributed by atoms with E-state index in [-0.39, 0.29) is 0 Å². The van der Waals surface area contributed by atoms with Crippen molar-refractivity contribution in [2.75, 3.05) is 0 Å². The first-order valence-electron chi connectivity index (χ1n) is 3.01. The van der Waals surface area contributed by atoms with Crippen molar-refractivity contribution in [3.63, 3.8) is 0 Å². The molecular formula is C9H7I. The van der Waals surface area contributed by atoms with E-state index in [1.54, 1.807) is 0 Å². The van der Waals surface area contributed by atoms with Crippen molar-refractivity contribution in [2.45, 2.75) is 6.92 Å². The third-order valence-corrected chi connectivity index (χ3v) is 1.51. The number of hydrogen-bond acceptors (Lipinski definition) is 0. The molecule has 1 rings (SSSR count). The number of hydrogen-bond donors (Lipinski definition) is 0. The molecule has 0 spiro atoms. The second-order valence-electron chi connectivity index (χ2n) is 2.09. The van der Waals surface area contributed by atoms with E-state index in [0.29, 0.717) is 0 Å². The molecule has 0 nitrogen and oxygen atoms in total. The summed E-state index contributed by atoms with van der Waals surface area (Å²) < 4.78 is 2.82. The molecule has 1 heteroatoms. The first-order valence-corrected chi connectivity index (χ1v) is 4.09. The minimum Gasteiger partial charge on any atom is -0.0581 e. The van der Waals surface area contributed by atoms with Crippen molar-refractivity contribution in [3.8, 4) is 9.85 Å². The van der Waals surface area contributed by atoms with E-state index >= 15 is 0 Å². The smallest absolute Gasteiger partial charge is 0.0253 e. The van der Waals surface area contributed by atoms with Crippen molar-refractivity contribution in [1.29, 1.82) is 0 Å². The van der Waals surface area contributed by atoms with Gasteiger partial charge in [0.15, 0.2) is 0 Å². The molecule has 1 aromatic rings. The van der Waals surface area contributed by atoms with E-state index in [9.17, 15) is 0 Å². The van der Waals surface area contributed by atoms with Crippen molar-refractivity contribution >= 4 is 22.6 Å². The van der Waals surface area contributed by atoms with Crippen LogP contribution in [0.3, 0.4) is 0 Å². The molecule has 0 heterocycles. The summed E-state index contributed by atoms with van der Waals surface area (Å²) >= 11 is 2.04. The van der Waals surface area contributed by atoms with Gasteiger partial charge in [0.25, 0.3) is 0 Å². The third-order valence-electron chi connectivity index (χ3n) is 1.24. The van der Waals surface area contributed by atoms with Gasteiger partial charge in [-0.2, -0.15) is 0 Å². The Bertz CT molecular complexity index is 261. The molecule has 0 aromatic heterocycles. The lowest BCUT2D eigenvalue weighted by molar-refractivity contribution is 1.46. The maximum Gasteiger partial charge on any atom is 0.0253 e. The SMILES string of the molecule is Cc1ccc(C#CI)cc1. The Labute approximate surface area is 74.8 Å². The predicted molar refractivity (Wildman–Crippen MR) is 52.1 cm³/mol. The highest BCUT2D eigenvalue weighted by Crippen LogP contribution is 2.00. The Balaban J connectivity index is 2.97. The molecule has 10 heavy (non-hydrogen) atoms. The van der Waals surface area contributed by atoms with Gasteiger partial charge in [-0.3, -0.25) is 0 Å². The number of aryl methyl sites for hydroxylation is 1. The molecule has 0 saturated heterocycles. The lowest BCUT2D eigenvalue weighted by Gasteiger charge is -1.89. The molecule has 50 valence electrons. The van der Waals surface area contributed by atoms with Crippen molar-refractivity contribution in [2.24, 2.45) is 0 Å². The molecule has 0 aliphatic carbocycles. The summed E-state index contributed by atoms with van der Waals surface area (Å²) in [5.41, 5.74) is 2.36. The van der Waals surface area contributed by atoms with Crippen LogP contribution in [0.15, 0.2) is 24.3 Å². The summed E-state index contributed by atoms with van der Waals surface area (Å²) in [6.45, 7) is 2.07. The Hall–Kier alpha value is -0.490. The minimum absolute atomic E-state index is 1.08. The average Bonchev–Trinajstić information content (AvgIpc) is 1.95. The molecule has 0 saturated carbocycles. The summed E-state index contributed by atoms with van der Waals surface area (Å²) in [6.07, 6.45) is 0. The van der Waals surface area contributed by atoms with Gasteiger partial charge in [-0.05, 0) is 23.0 Å². The zero-order valence-corrected chi connectivity index (χ0v) is 7.84. The monoisotopic (exact) mass is 242 g/mol. The maximum absolute atomic E-state index is 2.97. The molecule has 0 aliphatic heterocycles. The first kappa shape index (κ1) is 7.62. The molecule has 0 N–H and O–H groups in total. The summed E-state index contributed by atoms with van der Waals surface area (Å²) in [5, 5.41) is 0. The molecule has 0 bridgehead atoms. The van der Waals surface area contributed by atoms with Crippen LogP contribution in [0.4, 0.5) is 0 Å². The van der Waals surface area contributed by atoms with Gasteiger partial charge < -0.3 is 0 Å². The predicted octanol–water partition coefficient (Wildman–Crippen LogP) is 2.74. The topological polar surface area (TPSA) is 0 Å². The molecule has 0 radical (unpaired) electrons. The van der Waals surface area contributed by atoms with Crippen LogP contribution in [-0.4, -0.2) is 0 Å². The number of halogens is 1. The molecular weight excluding hydrogens is 235 g/mol. The molecule has 0 unspecified atom stereocenters. The van der Waals surface area contributed by atoms with Crippen molar-refractivity contribution < 1.29 is 0 Å². The van der Waals surface area contributed by atoms with Crippen LogP contribution in [0.25, 0.3) is 0 Å². The Morgan fingerprint density at radius 3 is 2.30 bits per heavy atom. The second kappa shape index (κ2) is 3.62. The zero-order valence-electron chi connectivity index (χ0n) is 5.69. The quantitative estimate of drug-likeness (QED) is 0.484. The fraction of sp³-hybridized carbons (Fsp3) is 0.111. The second-order valence-corrected chi connectivity index (χ2v) is 2.62. The van der Waals surface area contributed by atoms with Crippen LogP contribution in [-0.2, 0) is 0 Å². The van der Waals surface area contributed by atoms with Gasteiger partial charge in [0.2, 0.25) is 0 Å². The third kappa shape index (κ3) is 2.03. The molecule has 1 aromatic carbocycles. The van der Waals surface area contributed by atoms with E-state index in [2.05, 4.69) is 28.9 Å². The lowest BCUT2D eigenvalue weighted by atomic mass is 10.2. The summed E-state index contributed by atoms with van der Waals surface area (Å²) in [4.78, 5) is 0. The fourth-order valence-electron chi connectivity index (χ4n) is 0.691. The molecule has 0 fully saturated rings. The van der Waals surface area contributed by atoms with Gasteiger partial charge >= 0.3 is 0 Å². The summed E-state index contributed by atoms with van der Waals surface area (Å²) in [5.74, 6) is 2.97. The highest BCUT2D eigenvalue weighted by molar-refractivity contribution is 14.1. The van der Waals surface area contributed by atoms with E-state index in [1.165, 1.54) is 5.56 Å². The van der Waals surface area contributed by atoms with Gasteiger partial charge in [-0.1, -0.05) is 23.6 Å². The van der Waals surface area contributed by atoms with Crippen molar-refractivity contribution in [3.05, 3.63) is 35.4 Å². The number of rotatable bonds is 0. The first-order chi connectivity index (χ1) is 4.83. The maximum atomic E-state index is 2.97. The van der Waals surface area contributed by atoms with E-state index in [1.807, 2.05) is 34.7 Å². The Morgan fingerprint density at radius 1 is 1.20 bits per heavy atom.